The number of carbonyl (C=O) groups is 2. The van der Waals surface area contributed by atoms with Crippen molar-refractivity contribution in [3.05, 3.63) is 75.8 Å². The van der Waals surface area contributed by atoms with Crippen LogP contribution >= 0.6 is 0 Å². The number of non-ortho nitro benzene ring substituents is 1. The van der Waals surface area contributed by atoms with Crippen molar-refractivity contribution in [3.63, 3.8) is 0 Å². The van der Waals surface area contributed by atoms with Crippen LogP contribution < -0.4 is 10.6 Å². The lowest BCUT2D eigenvalue weighted by Gasteiger charge is -2.17. The number of nitro benzene ring substituents is 1. The molecule has 0 spiro atoms. The van der Waals surface area contributed by atoms with Crippen molar-refractivity contribution in [2.24, 2.45) is 0 Å². The fourth-order valence-corrected chi connectivity index (χ4v) is 4.19. The quantitative estimate of drug-likeness (QED) is 0.340. The highest BCUT2D eigenvalue weighted by atomic mass is 32.2. The normalized spacial score (nSPS) is 11.7. The van der Waals surface area contributed by atoms with Crippen LogP contribution in [0.1, 0.15) is 15.9 Å². The summed E-state index contributed by atoms with van der Waals surface area (Å²) in [5.41, 5.74) is 0.118. The summed E-state index contributed by atoms with van der Waals surface area (Å²) in [5.74, 6) is -2.17. The molecule has 0 saturated heterocycles. The van der Waals surface area contributed by atoms with E-state index >= 15 is 0 Å². The Hall–Kier alpha value is -3.78. The van der Waals surface area contributed by atoms with E-state index < -0.39 is 50.7 Å². The fourth-order valence-electron chi connectivity index (χ4n) is 2.59. The third-order valence-electron chi connectivity index (χ3n) is 4.04. The minimum atomic E-state index is -4.18. The first-order valence-electron chi connectivity index (χ1n) is 8.67. The molecule has 0 fully saturated rings. The van der Waals surface area contributed by atoms with Crippen LogP contribution in [-0.2, 0) is 20.4 Å². The molecule has 0 saturated carbocycles. The van der Waals surface area contributed by atoms with Gasteiger partial charge in [-0.25, -0.2) is 8.42 Å². The molecule has 1 unspecified atom stereocenters. The number of nitro groups is 1. The van der Waals surface area contributed by atoms with Gasteiger partial charge in [-0.3, -0.25) is 19.7 Å². The van der Waals surface area contributed by atoms with Crippen molar-refractivity contribution in [1.82, 2.24) is 10.6 Å². The summed E-state index contributed by atoms with van der Waals surface area (Å²) < 4.78 is 25.7. The van der Waals surface area contributed by atoms with E-state index in [1.54, 1.807) is 24.3 Å². The number of nitriles is 1. The molecule has 0 aliphatic heterocycles. The Morgan fingerprint density at radius 2 is 1.80 bits per heavy atom. The van der Waals surface area contributed by atoms with Gasteiger partial charge in [0.1, 0.15) is 6.54 Å². The summed E-state index contributed by atoms with van der Waals surface area (Å²) in [5, 5.41) is 22.4. The van der Waals surface area contributed by atoms with E-state index in [1.165, 1.54) is 30.3 Å². The van der Waals surface area contributed by atoms with Gasteiger partial charge in [-0.2, -0.15) is 5.26 Å². The van der Waals surface area contributed by atoms with Gasteiger partial charge in [0.2, 0.25) is 5.91 Å². The number of amides is 2. The van der Waals surface area contributed by atoms with Gasteiger partial charge in [0.15, 0.2) is 15.1 Å². The molecule has 156 valence electrons. The van der Waals surface area contributed by atoms with Crippen LogP contribution in [0.15, 0.2) is 54.6 Å². The highest BCUT2D eigenvalue weighted by molar-refractivity contribution is 7.92. The number of hydrogen-bond donors (Lipinski definition) is 2. The SMILES string of the molecule is N#CCNC(=O)C(CNC(=O)c1ccccc1)S(=O)(=O)Cc1cccc([N+](=O)[O-])c1. The molecule has 0 aliphatic carbocycles. The molecular weight excluding hydrogens is 412 g/mol. The fraction of sp³-hybridized carbons (Fsp3) is 0.211. The Labute approximate surface area is 172 Å². The predicted octanol–water partition coefficient (Wildman–Crippen LogP) is 0.948. The van der Waals surface area contributed by atoms with E-state index in [-0.39, 0.29) is 16.8 Å². The molecule has 2 aromatic rings. The summed E-state index contributed by atoms with van der Waals surface area (Å²) in [4.78, 5) is 34.8. The number of hydrogen-bond acceptors (Lipinski definition) is 7. The molecule has 2 aromatic carbocycles. The maximum atomic E-state index is 12.9. The Balaban J connectivity index is 2.23. The van der Waals surface area contributed by atoms with Crippen LogP contribution in [-0.4, -0.2) is 43.5 Å². The van der Waals surface area contributed by atoms with E-state index in [9.17, 15) is 28.1 Å². The van der Waals surface area contributed by atoms with Crippen molar-refractivity contribution >= 4 is 27.3 Å². The highest BCUT2D eigenvalue weighted by Crippen LogP contribution is 2.17. The highest BCUT2D eigenvalue weighted by Gasteiger charge is 2.33. The van der Waals surface area contributed by atoms with Gasteiger partial charge in [-0.15, -0.1) is 0 Å². The summed E-state index contributed by atoms with van der Waals surface area (Å²) in [7, 11) is -4.18. The van der Waals surface area contributed by atoms with E-state index in [2.05, 4.69) is 10.6 Å². The van der Waals surface area contributed by atoms with Crippen LogP contribution in [0.25, 0.3) is 0 Å². The Morgan fingerprint density at radius 1 is 1.10 bits per heavy atom. The zero-order valence-electron chi connectivity index (χ0n) is 15.6. The second kappa shape index (κ2) is 10.1. The van der Waals surface area contributed by atoms with Crippen molar-refractivity contribution in [1.29, 1.82) is 5.26 Å². The molecule has 1 atom stereocenters. The third-order valence-corrected chi connectivity index (χ3v) is 6.02. The summed E-state index contributed by atoms with van der Waals surface area (Å²) in [6.07, 6.45) is 0. The molecule has 2 amide bonds. The van der Waals surface area contributed by atoms with Gasteiger partial charge in [0.05, 0.1) is 16.7 Å². The van der Waals surface area contributed by atoms with Crippen molar-refractivity contribution in [2.75, 3.05) is 13.1 Å². The number of sulfone groups is 1. The van der Waals surface area contributed by atoms with Crippen LogP contribution in [0.3, 0.4) is 0 Å². The Morgan fingerprint density at radius 3 is 2.43 bits per heavy atom. The molecule has 2 rings (SSSR count). The average molecular weight is 430 g/mol. The topological polar surface area (TPSA) is 159 Å². The lowest BCUT2D eigenvalue weighted by atomic mass is 10.2. The number of benzene rings is 2. The average Bonchev–Trinajstić information content (AvgIpc) is 2.72. The third kappa shape index (κ3) is 6.11. The molecule has 0 radical (unpaired) electrons. The van der Waals surface area contributed by atoms with Crippen LogP contribution in [0.5, 0.6) is 0 Å². The predicted molar refractivity (Wildman–Crippen MR) is 107 cm³/mol. The molecule has 0 aliphatic rings. The van der Waals surface area contributed by atoms with Gasteiger partial charge in [-0.05, 0) is 17.7 Å². The molecule has 11 heteroatoms. The molecule has 0 heterocycles. The second-order valence-electron chi connectivity index (χ2n) is 6.17. The Bertz CT molecular complexity index is 1080. The second-order valence-corrected chi connectivity index (χ2v) is 8.36. The lowest BCUT2D eigenvalue weighted by molar-refractivity contribution is -0.384. The van der Waals surface area contributed by atoms with Crippen molar-refractivity contribution in [3.8, 4) is 6.07 Å². The van der Waals surface area contributed by atoms with Crippen molar-refractivity contribution < 1.29 is 22.9 Å². The van der Waals surface area contributed by atoms with E-state index in [4.69, 9.17) is 5.26 Å². The van der Waals surface area contributed by atoms with Crippen LogP contribution in [0.2, 0.25) is 0 Å². The number of nitrogens with one attached hydrogen (secondary N) is 2. The minimum Gasteiger partial charge on any atom is -0.350 e. The minimum absolute atomic E-state index is 0.122. The first-order chi connectivity index (χ1) is 14.2. The lowest BCUT2D eigenvalue weighted by Crippen LogP contribution is -2.47. The van der Waals surface area contributed by atoms with Gasteiger partial charge in [0, 0.05) is 24.2 Å². The zero-order valence-corrected chi connectivity index (χ0v) is 16.5. The molecule has 0 bridgehead atoms. The smallest absolute Gasteiger partial charge is 0.269 e. The van der Waals surface area contributed by atoms with E-state index in [1.807, 2.05) is 0 Å². The summed E-state index contributed by atoms with van der Waals surface area (Å²) in [6.45, 7) is -0.934. The number of nitrogens with zero attached hydrogens (tertiary/aromatic N) is 2. The summed E-state index contributed by atoms with van der Waals surface area (Å²) in [6, 6.07) is 14.7. The molecule has 30 heavy (non-hydrogen) atoms. The first kappa shape index (κ1) is 22.5. The van der Waals surface area contributed by atoms with Gasteiger partial charge < -0.3 is 10.6 Å². The standard InChI is InChI=1S/C19H18N4O6S/c20-9-10-21-19(25)17(12-22-18(24)15-6-2-1-3-7-15)30(28,29)13-14-5-4-8-16(11-14)23(26)27/h1-8,11,17H,10,12-13H2,(H,21,25)(H,22,24). The van der Waals surface area contributed by atoms with Gasteiger partial charge in [-0.1, -0.05) is 30.3 Å². The van der Waals surface area contributed by atoms with Crippen LogP contribution in [0, 0.1) is 21.4 Å². The maximum absolute atomic E-state index is 12.9. The molecular formula is C19H18N4O6S. The zero-order chi connectivity index (χ0) is 22.1. The van der Waals surface area contributed by atoms with E-state index in [0.29, 0.717) is 0 Å². The maximum Gasteiger partial charge on any atom is 0.269 e. The van der Waals surface area contributed by atoms with E-state index in [0.717, 1.165) is 6.07 Å². The van der Waals surface area contributed by atoms with Gasteiger partial charge in [0.25, 0.3) is 11.6 Å². The first-order valence-corrected chi connectivity index (χ1v) is 10.4. The Kier molecular flexibility index (Phi) is 7.60. The van der Waals surface area contributed by atoms with Crippen molar-refractivity contribution in [2.45, 2.75) is 11.0 Å². The monoisotopic (exact) mass is 430 g/mol. The molecule has 0 aromatic heterocycles. The summed E-state index contributed by atoms with van der Waals surface area (Å²) >= 11 is 0. The molecule has 2 N–H and O–H groups in total. The molecule has 10 nitrogen and oxygen atoms in total. The van der Waals surface area contributed by atoms with Gasteiger partial charge >= 0.3 is 0 Å². The van der Waals surface area contributed by atoms with Crippen LogP contribution in [0.4, 0.5) is 5.69 Å². The number of rotatable bonds is 9. The largest absolute Gasteiger partial charge is 0.350 e. The number of carbonyl (C=O) groups excluding carboxylic acids is 2.